The average molecular weight is 385 g/mol. The van der Waals surface area contributed by atoms with Gasteiger partial charge in [0.2, 0.25) is 0 Å². The van der Waals surface area contributed by atoms with Gasteiger partial charge in [0.25, 0.3) is 0 Å². The van der Waals surface area contributed by atoms with Gasteiger partial charge in [-0.2, -0.15) is 17.6 Å². The van der Waals surface area contributed by atoms with Crippen LogP contribution in [0.15, 0.2) is 24.3 Å². The summed E-state index contributed by atoms with van der Waals surface area (Å²) in [5, 5.41) is 3.30. The second-order valence-corrected chi connectivity index (χ2v) is 6.46. The highest BCUT2D eigenvalue weighted by atomic mass is 35.5. The molecule has 1 heterocycles. The molecule has 1 aliphatic rings. The lowest BCUT2D eigenvalue weighted by Crippen LogP contribution is -2.45. The second kappa shape index (κ2) is 9.59. The van der Waals surface area contributed by atoms with Crippen molar-refractivity contribution in [3.05, 3.63) is 29.8 Å². The van der Waals surface area contributed by atoms with Gasteiger partial charge in [-0.05, 0) is 30.0 Å². The third kappa shape index (κ3) is 6.31. The Morgan fingerprint density at radius 1 is 1.12 bits per heavy atom. The molecule has 1 saturated heterocycles. The summed E-state index contributed by atoms with van der Waals surface area (Å²) in [4.78, 5) is 2.36. The molecule has 1 atom stereocenters. The van der Waals surface area contributed by atoms with E-state index in [2.05, 4.69) is 28.8 Å². The van der Waals surface area contributed by atoms with Gasteiger partial charge < -0.3 is 10.1 Å². The number of hydrogen-bond donors (Lipinski definition) is 1. The first-order valence-corrected chi connectivity index (χ1v) is 8.19. The van der Waals surface area contributed by atoms with E-state index >= 15 is 0 Å². The van der Waals surface area contributed by atoms with E-state index in [0.29, 0.717) is 5.92 Å². The van der Waals surface area contributed by atoms with E-state index in [1.165, 1.54) is 12.1 Å². The number of ether oxygens (including phenoxy) is 1. The van der Waals surface area contributed by atoms with Gasteiger partial charge >= 0.3 is 12.5 Å². The highest BCUT2D eigenvalue weighted by Gasteiger charge is 2.44. The van der Waals surface area contributed by atoms with Gasteiger partial charge in [-0.1, -0.05) is 26.0 Å². The molecule has 1 aromatic rings. The van der Waals surface area contributed by atoms with Crippen LogP contribution in [0.2, 0.25) is 0 Å². The molecule has 3 nitrogen and oxygen atoms in total. The SMILES string of the molecule is CC(C)C[C@H](c1ccc(OC(F)(F)C(F)F)cc1)N1CCNCC1.Cl. The first kappa shape index (κ1) is 22.0. The molecule has 1 N–H and O–H groups in total. The fraction of sp³-hybridized carbons (Fsp3) is 0.647. The molecule has 0 unspecified atom stereocenters. The molecule has 0 radical (unpaired) electrons. The number of piperazine rings is 1. The van der Waals surface area contributed by atoms with E-state index in [1.807, 2.05) is 0 Å². The Balaban J connectivity index is 0.00000312. The van der Waals surface area contributed by atoms with Crippen LogP contribution in [0.4, 0.5) is 17.6 Å². The van der Waals surface area contributed by atoms with E-state index in [9.17, 15) is 17.6 Å². The normalized spacial score (nSPS) is 17.4. The van der Waals surface area contributed by atoms with Crippen LogP contribution in [0.3, 0.4) is 0 Å². The molecular weight excluding hydrogens is 360 g/mol. The van der Waals surface area contributed by atoms with E-state index in [-0.39, 0.29) is 24.2 Å². The van der Waals surface area contributed by atoms with Crippen LogP contribution in [0.5, 0.6) is 5.75 Å². The van der Waals surface area contributed by atoms with Gasteiger partial charge in [-0.15, -0.1) is 12.4 Å². The van der Waals surface area contributed by atoms with E-state index in [1.54, 1.807) is 12.1 Å². The van der Waals surface area contributed by atoms with Crippen molar-refractivity contribution in [2.75, 3.05) is 26.2 Å². The van der Waals surface area contributed by atoms with Crippen LogP contribution in [0.25, 0.3) is 0 Å². The molecule has 2 rings (SSSR count). The van der Waals surface area contributed by atoms with Crippen molar-refractivity contribution in [2.24, 2.45) is 5.92 Å². The molecule has 0 aromatic heterocycles. The van der Waals surface area contributed by atoms with Gasteiger partial charge in [-0.25, -0.2) is 0 Å². The fourth-order valence-electron chi connectivity index (χ4n) is 2.90. The smallest absolute Gasteiger partial charge is 0.428 e. The third-order valence-corrected chi connectivity index (χ3v) is 4.06. The van der Waals surface area contributed by atoms with E-state index in [4.69, 9.17) is 0 Å². The van der Waals surface area contributed by atoms with Crippen LogP contribution in [0.1, 0.15) is 31.9 Å². The molecule has 0 bridgehead atoms. The Labute approximate surface area is 152 Å². The second-order valence-electron chi connectivity index (χ2n) is 6.46. The van der Waals surface area contributed by atoms with E-state index < -0.39 is 12.5 Å². The molecule has 0 saturated carbocycles. The maximum absolute atomic E-state index is 13.0. The fourth-order valence-corrected chi connectivity index (χ4v) is 2.90. The van der Waals surface area contributed by atoms with Crippen LogP contribution in [0, 0.1) is 5.92 Å². The zero-order valence-corrected chi connectivity index (χ0v) is 15.2. The molecule has 144 valence electrons. The highest BCUT2D eigenvalue weighted by Crippen LogP contribution is 2.31. The Kier molecular flexibility index (Phi) is 8.44. The van der Waals surface area contributed by atoms with Gasteiger partial charge in [-0.3, -0.25) is 4.90 Å². The predicted octanol–water partition coefficient (Wildman–Crippen LogP) is 4.34. The summed E-state index contributed by atoms with van der Waals surface area (Å²) in [6.45, 7) is 7.93. The lowest BCUT2D eigenvalue weighted by atomic mass is 9.95. The topological polar surface area (TPSA) is 24.5 Å². The molecule has 0 aliphatic carbocycles. The standard InChI is InChI=1S/C17H24F4N2O.ClH/c1-12(2)11-15(23-9-7-22-8-10-23)13-3-5-14(6-4-13)24-17(20,21)16(18)19;/h3-6,12,15-16,22H,7-11H2,1-2H3;1H/t15-;/m1./s1. The van der Waals surface area contributed by atoms with Crippen LogP contribution in [-0.2, 0) is 0 Å². The number of alkyl halides is 4. The van der Waals surface area contributed by atoms with Gasteiger partial charge in [0, 0.05) is 32.2 Å². The van der Waals surface area contributed by atoms with Crippen molar-refractivity contribution in [3.8, 4) is 5.75 Å². The largest absolute Gasteiger partial charge is 0.461 e. The lowest BCUT2D eigenvalue weighted by Gasteiger charge is -2.36. The number of nitrogens with zero attached hydrogens (tertiary/aromatic N) is 1. The van der Waals surface area contributed by atoms with Crippen molar-refractivity contribution in [1.82, 2.24) is 10.2 Å². The zero-order chi connectivity index (χ0) is 17.7. The zero-order valence-electron chi connectivity index (χ0n) is 14.4. The quantitative estimate of drug-likeness (QED) is 0.708. The minimum Gasteiger partial charge on any atom is -0.428 e. The summed E-state index contributed by atoms with van der Waals surface area (Å²) in [5.74, 6) is 0.219. The van der Waals surface area contributed by atoms with Crippen molar-refractivity contribution < 1.29 is 22.3 Å². The number of rotatable bonds is 7. The third-order valence-electron chi connectivity index (χ3n) is 4.06. The van der Waals surface area contributed by atoms with Crippen molar-refractivity contribution in [1.29, 1.82) is 0 Å². The molecule has 8 heteroatoms. The summed E-state index contributed by atoms with van der Waals surface area (Å²) in [7, 11) is 0. The Bertz CT molecular complexity index is 508. The van der Waals surface area contributed by atoms with E-state index in [0.717, 1.165) is 38.2 Å². The summed E-state index contributed by atoms with van der Waals surface area (Å²) < 4.78 is 54.5. The summed E-state index contributed by atoms with van der Waals surface area (Å²) >= 11 is 0. The minimum atomic E-state index is -4.47. The maximum Gasteiger partial charge on any atom is 0.461 e. The van der Waals surface area contributed by atoms with Gasteiger partial charge in [0.1, 0.15) is 5.75 Å². The average Bonchev–Trinajstić information content (AvgIpc) is 2.54. The first-order valence-electron chi connectivity index (χ1n) is 8.19. The maximum atomic E-state index is 13.0. The summed E-state index contributed by atoms with van der Waals surface area (Å²) in [6, 6.07) is 6.22. The summed E-state index contributed by atoms with van der Waals surface area (Å²) in [6.07, 6.45) is -7.39. The number of benzene rings is 1. The molecule has 0 spiro atoms. The Morgan fingerprint density at radius 2 is 1.68 bits per heavy atom. The Hall–Kier alpha value is -1.05. The number of nitrogens with one attached hydrogen (secondary N) is 1. The highest BCUT2D eigenvalue weighted by molar-refractivity contribution is 5.85. The molecule has 1 aliphatic heterocycles. The molecule has 25 heavy (non-hydrogen) atoms. The lowest BCUT2D eigenvalue weighted by molar-refractivity contribution is -0.253. The van der Waals surface area contributed by atoms with Crippen molar-refractivity contribution in [2.45, 2.75) is 38.8 Å². The number of hydrogen-bond acceptors (Lipinski definition) is 3. The van der Waals surface area contributed by atoms with Crippen molar-refractivity contribution in [3.63, 3.8) is 0 Å². The molecule has 0 amide bonds. The number of halogens is 5. The Morgan fingerprint density at radius 3 is 2.16 bits per heavy atom. The van der Waals surface area contributed by atoms with Crippen LogP contribution < -0.4 is 10.1 Å². The van der Waals surface area contributed by atoms with Crippen molar-refractivity contribution >= 4 is 12.4 Å². The van der Waals surface area contributed by atoms with Crippen LogP contribution >= 0.6 is 12.4 Å². The monoisotopic (exact) mass is 384 g/mol. The minimum absolute atomic E-state index is 0. The molecular formula is C17H25ClF4N2O. The van der Waals surface area contributed by atoms with Gasteiger partial charge in [0.15, 0.2) is 0 Å². The van der Waals surface area contributed by atoms with Gasteiger partial charge in [0.05, 0.1) is 0 Å². The van der Waals surface area contributed by atoms with Crippen LogP contribution in [-0.4, -0.2) is 43.6 Å². The first-order chi connectivity index (χ1) is 11.3. The predicted molar refractivity (Wildman–Crippen MR) is 91.9 cm³/mol. The molecule has 1 aromatic carbocycles. The molecule has 1 fully saturated rings. The summed E-state index contributed by atoms with van der Waals surface area (Å²) in [5.41, 5.74) is 0.985.